The number of nitrogens with zero attached hydrogens (tertiary/aromatic N) is 2. The molecule has 0 unspecified atom stereocenters. The number of carbonyl (C=O) groups is 1. The molecule has 0 aliphatic carbocycles. The van der Waals surface area contributed by atoms with Gasteiger partial charge in [0.15, 0.2) is 11.5 Å². The van der Waals surface area contributed by atoms with Gasteiger partial charge in [0.05, 0.1) is 25.6 Å². The lowest BCUT2D eigenvalue weighted by atomic mass is 10.1. The van der Waals surface area contributed by atoms with E-state index in [2.05, 4.69) is 36.7 Å². The van der Waals surface area contributed by atoms with E-state index < -0.39 is 0 Å². The molecule has 0 aliphatic heterocycles. The molecule has 0 bridgehead atoms. The van der Waals surface area contributed by atoms with Gasteiger partial charge in [-0.1, -0.05) is 28.1 Å². The first-order valence-corrected chi connectivity index (χ1v) is 9.19. The van der Waals surface area contributed by atoms with Crippen molar-refractivity contribution in [1.82, 2.24) is 15.6 Å². The Morgan fingerprint density at radius 2 is 1.79 bits per heavy atom. The van der Waals surface area contributed by atoms with E-state index in [4.69, 9.17) is 9.47 Å². The number of rotatable bonds is 6. The molecule has 0 aliphatic rings. The largest absolute Gasteiger partial charge is 0.493 e. The van der Waals surface area contributed by atoms with Gasteiger partial charge in [-0.25, -0.2) is 5.43 Å². The van der Waals surface area contributed by atoms with Crippen LogP contribution in [0.3, 0.4) is 0 Å². The van der Waals surface area contributed by atoms with Gasteiger partial charge in [0.2, 0.25) is 0 Å². The number of H-pyrrole nitrogens is 1. The van der Waals surface area contributed by atoms with Gasteiger partial charge in [-0.15, -0.1) is 0 Å². The van der Waals surface area contributed by atoms with Crippen molar-refractivity contribution >= 4 is 27.5 Å². The lowest BCUT2D eigenvalue weighted by Gasteiger charge is -2.08. The Labute approximate surface area is 170 Å². The van der Waals surface area contributed by atoms with E-state index in [0.29, 0.717) is 28.6 Å². The number of aromatic nitrogens is 2. The lowest BCUT2D eigenvalue weighted by molar-refractivity contribution is 0.0950. The molecule has 1 aromatic heterocycles. The number of carbonyl (C=O) groups excluding carboxylic acids is 1. The van der Waals surface area contributed by atoms with E-state index in [1.54, 1.807) is 32.4 Å². The standard InChI is InChI=1S/C20H19BrN4O3/c1-12(13-4-7-15(21)8-5-13)22-25-20(26)17-11-16(23-24-17)14-6-9-18(27-2)19(10-14)28-3/h4-11H,1-3H3,(H,23,24)(H,25,26). The van der Waals surface area contributed by atoms with Crippen molar-refractivity contribution in [2.24, 2.45) is 5.10 Å². The highest BCUT2D eigenvalue weighted by atomic mass is 79.9. The minimum absolute atomic E-state index is 0.303. The third-order valence-corrected chi connectivity index (χ3v) is 4.62. The zero-order valence-corrected chi connectivity index (χ0v) is 17.2. The van der Waals surface area contributed by atoms with Crippen molar-refractivity contribution in [3.8, 4) is 22.8 Å². The van der Waals surface area contributed by atoms with Gasteiger partial charge < -0.3 is 9.47 Å². The molecule has 0 fully saturated rings. The monoisotopic (exact) mass is 442 g/mol. The predicted molar refractivity (Wildman–Crippen MR) is 111 cm³/mol. The van der Waals surface area contributed by atoms with E-state index in [1.807, 2.05) is 37.3 Å². The van der Waals surface area contributed by atoms with Crippen LogP contribution in [0, 0.1) is 0 Å². The summed E-state index contributed by atoms with van der Waals surface area (Å²) in [6.07, 6.45) is 0. The van der Waals surface area contributed by atoms with E-state index in [0.717, 1.165) is 15.6 Å². The second-order valence-corrected chi connectivity index (χ2v) is 6.80. The first-order chi connectivity index (χ1) is 13.5. The van der Waals surface area contributed by atoms with Gasteiger partial charge in [-0.2, -0.15) is 10.2 Å². The number of ether oxygens (including phenoxy) is 2. The summed E-state index contributed by atoms with van der Waals surface area (Å²) >= 11 is 3.39. The average Bonchev–Trinajstić information content (AvgIpc) is 3.22. The first-order valence-electron chi connectivity index (χ1n) is 8.40. The first kappa shape index (κ1) is 19.6. The number of nitrogens with one attached hydrogen (secondary N) is 2. The highest BCUT2D eigenvalue weighted by Gasteiger charge is 2.13. The molecule has 8 heteroatoms. The fraction of sp³-hybridized carbons (Fsp3) is 0.150. The minimum Gasteiger partial charge on any atom is -0.493 e. The minimum atomic E-state index is -0.379. The molecule has 0 saturated heterocycles. The molecule has 0 saturated carbocycles. The fourth-order valence-corrected chi connectivity index (χ4v) is 2.80. The van der Waals surface area contributed by atoms with Crippen LogP contribution in [0.5, 0.6) is 11.5 Å². The smallest absolute Gasteiger partial charge is 0.289 e. The molecule has 1 amide bonds. The molecule has 3 rings (SSSR count). The van der Waals surface area contributed by atoms with Gasteiger partial charge in [0.25, 0.3) is 5.91 Å². The number of methoxy groups -OCH3 is 2. The number of amides is 1. The molecule has 2 aromatic carbocycles. The number of hydrogen-bond donors (Lipinski definition) is 2. The molecular weight excluding hydrogens is 424 g/mol. The number of halogens is 1. The average molecular weight is 443 g/mol. The van der Waals surface area contributed by atoms with Crippen molar-refractivity contribution in [2.75, 3.05) is 14.2 Å². The molecule has 7 nitrogen and oxygen atoms in total. The van der Waals surface area contributed by atoms with Crippen LogP contribution in [0.15, 0.2) is 58.1 Å². The Balaban J connectivity index is 1.73. The number of aromatic amines is 1. The van der Waals surface area contributed by atoms with Crippen molar-refractivity contribution in [1.29, 1.82) is 0 Å². The summed E-state index contributed by atoms with van der Waals surface area (Å²) in [5, 5.41) is 11.1. The van der Waals surface area contributed by atoms with Gasteiger partial charge in [0.1, 0.15) is 5.69 Å². The van der Waals surface area contributed by atoms with Gasteiger partial charge in [-0.05, 0) is 48.9 Å². The van der Waals surface area contributed by atoms with E-state index in [-0.39, 0.29) is 5.91 Å². The maximum atomic E-state index is 12.4. The Hall–Kier alpha value is -3.13. The number of hydrogen-bond acceptors (Lipinski definition) is 5. The molecule has 0 radical (unpaired) electrons. The third kappa shape index (κ3) is 4.40. The molecule has 1 heterocycles. The molecule has 0 spiro atoms. The zero-order valence-electron chi connectivity index (χ0n) is 15.6. The molecule has 3 aromatic rings. The highest BCUT2D eigenvalue weighted by molar-refractivity contribution is 9.10. The summed E-state index contributed by atoms with van der Waals surface area (Å²) < 4.78 is 11.5. The Bertz CT molecular complexity index is 1010. The molecule has 0 atom stereocenters. The van der Waals surface area contributed by atoms with Crippen LogP contribution in [0.25, 0.3) is 11.3 Å². The quantitative estimate of drug-likeness (QED) is 0.445. The van der Waals surface area contributed by atoms with Gasteiger partial charge in [0, 0.05) is 10.0 Å². The van der Waals surface area contributed by atoms with Crippen LogP contribution < -0.4 is 14.9 Å². The van der Waals surface area contributed by atoms with E-state index >= 15 is 0 Å². The van der Waals surface area contributed by atoms with Crippen LogP contribution in [-0.2, 0) is 0 Å². The summed E-state index contributed by atoms with van der Waals surface area (Å²) in [4.78, 5) is 12.4. The van der Waals surface area contributed by atoms with Crippen LogP contribution in [0.4, 0.5) is 0 Å². The molecular formula is C20H19BrN4O3. The third-order valence-electron chi connectivity index (χ3n) is 4.09. The van der Waals surface area contributed by atoms with Crippen LogP contribution >= 0.6 is 15.9 Å². The molecule has 144 valence electrons. The summed E-state index contributed by atoms with van der Waals surface area (Å²) in [6.45, 7) is 1.82. The molecule has 28 heavy (non-hydrogen) atoms. The maximum Gasteiger partial charge on any atom is 0.289 e. The van der Waals surface area contributed by atoms with Crippen LogP contribution in [0.1, 0.15) is 23.0 Å². The maximum absolute atomic E-state index is 12.4. The SMILES string of the molecule is COc1ccc(-c2cc(C(=O)NN=C(C)c3ccc(Br)cc3)[nH]n2)cc1OC. The van der Waals surface area contributed by atoms with Gasteiger partial charge in [-0.3, -0.25) is 9.89 Å². The molecule has 2 N–H and O–H groups in total. The van der Waals surface area contributed by atoms with Crippen molar-refractivity contribution in [3.63, 3.8) is 0 Å². The van der Waals surface area contributed by atoms with E-state index in [1.165, 1.54) is 0 Å². The Kier molecular flexibility index (Phi) is 6.10. The van der Waals surface area contributed by atoms with Crippen LogP contribution in [0.2, 0.25) is 0 Å². The Morgan fingerprint density at radius 3 is 2.46 bits per heavy atom. The summed E-state index contributed by atoms with van der Waals surface area (Å²) in [5.41, 5.74) is 5.86. The van der Waals surface area contributed by atoms with E-state index in [9.17, 15) is 4.79 Å². The van der Waals surface area contributed by atoms with Gasteiger partial charge >= 0.3 is 0 Å². The number of hydrazone groups is 1. The Morgan fingerprint density at radius 1 is 1.07 bits per heavy atom. The number of benzene rings is 2. The summed E-state index contributed by atoms with van der Waals surface area (Å²) in [5.74, 6) is 0.830. The van der Waals surface area contributed by atoms with Crippen molar-refractivity contribution < 1.29 is 14.3 Å². The lowest BCUT2D eigenvalue weighted by Crippen LogP contribution is -2.19. The normalized spacial score (nSPS) is 11.2. The summed E-state index contributed by atoms with van der Waals surface area (Å²) in [7, 11) is 3.14. The predicted octanol–water partition coefficient (Wildman–Crippen LogP) is 4.01. The zero-order chi connectivity index (χ0) is 20.1. The second kappa shape index (κ2) is 8.71. The second-order valence-electron chi connectivity index (χ2n) is 5.88. The highest BCUT2D eigenvalue weighted by Crippen LogP contribution is 2.31. The fourth-order valence-electron chi connectivity index (χ4n) is 2.53. The topological polar surface area (TPSA) is 88.6 Å². The van der Waals surface area contributed by atoms with Crippen molar-refractivity contribution in [2.45, 2.75) is 6.92 Å². The van der Waals surface area contributed by atoms with Crippen LogP contribution in [-0.4, -0.2) is 36.0 Å². The summed E-state index contributed by atoms with van der Waals surface area (Å²) in [6, 6.07) is 14.7. The van der Waals surface area contributed by atoms with Crippen molar-refractivity contribution in [3.05, 3.63) is 64.3 Å².